The molecule has 0 N–H and O–H groups in total. The summed E-state index contributed by atoms with van der Waals surface area (Å²) in [5.74, 6) is 0.399. The summed E-state index contributed by atoms with van der Waals surface area (Å²) in [6.07, 6.45) is 6.71. The molecule has 0 fully saturated rings. The maximum Gasteiger partial charge on any atom is 0.230 e. The number of rotatable bonds is 3. The molecule has 0 bridgehead atoms. The summed E-state index contributed by atoms with van der Waals surface area (Å²) in [5, 5.41) is 0. The van der Waals surface area contributed by atoms with Crippen molar-refractivity contribution in [3.8, 4) is 0 Å². The van der Waals surface area contributed by atoms with Crippen LogP contribution < -0.4 is 0 Å². The van der Waals surface area contributed by atoms with Gasteiger partial charge in [0.25, 0.3) is 0 Å². The van der Waals surface area contributed by atoms with Gasteiger partial charge in [0.1, 0.15) is 0 Å². The van der Waals surface area contributed by atoms with Crippen molar-refractivity contribution in [2.75, 3.05) is 0 Å². The maximum absolute atomic E-state index is 12.2. The third-order valence-corrected chi connectivity index (χ3v) is 2.54. The second-order valence-corrected chi connectivity index (χ2v) is 3.56. The molecule has 4 heteroatoms. The van der Waals surface area contributed by atoms with Crippen LogP contribution in [0.1, 0.15) is 28.7 Å². The molecule has 0 amide bonds. The Morgan fingerprint density at radius 2 is 2.25 bits per heavy atom. The number of hydrogen-bond acceptors (Lipinski definition) is 3. The van der Waals surface area contributed by atoms with Crippen LogP contribution in [-0.2, 0) is 6.54 Å². The Labute approximate surface area is 94.0 Å². The van der Waals surface area contributed by atoms with Crippen molar-refractivity contribution in [3.63, 3.8) is 0 Å². The lowest BCUT2D eigenvalue weighted by Crippen LogP contribution is -2.11. The Morgan fingerprint density at radius 1 is 1.44 bits per heavy atom. The van der Waals surface area contributed by atoms with Crippen molar-refractivity contribution >= 4 is 5.78 Å². The second kappa shape index (κ2) is 4.26. The van der Waals surface area contributed by atoms with E-state index >= 15 is 0 Å². The molecule has 0 saturated carbocycles. The molecule has 0 radical (unpaired) electrons. The number of aromatic nitrogens is 3. The lowest BCUT2D eigenvalue weighted by Gasteiger charge is -2.05. The van der Waals surface area contributed by atoms with Crippen LogP contribution >= 0.6 is 0 Å². The van der Waals surface area contributed by atoms with Gasteiger partial charge < -0.3 is 4.57 Å². The Morgan fingerprint density at radius 3 is 2.94 bits per heavy atom. The van der Waals surface area contributed by atoms with E-state index in [1.165, 1.54) is 0 Å². The molecule has 0 aliphatic carbocycles. The number of imidazole rings is 1. The van der Waals surface area contributed by atoms with Crippen LogP contribution in [0.2, 0.25) is 0 Å². The fourth-order valence-corrected chi connectivity index (χ4v) is 1.60. The first-order chi connectivity index (χ1) is 7.74. The minimum atomic E-state index is -0.0718. The molecule has 82 valence electrons. The summed E-state index contributed by atoms with van der Waals surface area (Å²) in [4.78, 5) is 20.2. The number of pyridine rings is 1. The van der Waals surface area contributed by atoms with E-state index in [4.69, 9.17) is 0 Å². The van der Waals surface area contributed by atoms with Crippen LogP contribution in [-0.4, -0.2) is 20.3 Å². The average Bonchev–Trinajstić information content (AvgIpc) is 2.77. The van der Waals surface area contributed by atoms with Gasteiger partial charge in [0.05, 0.1) is 0 Å². The van der Waals surface area contributed by atoms with Gasteiger partial charge in [-0.25, -0.2) is 4.98 Å². The Bertz CT molecular complexity index is 516. The van der Waals surface area contributed by atoms with Gasteiger partial charge in [-0.1, -0.05) is 0 Å². The third kappa shape index (κ3) is 1.74. The fraction of sp³-hybridized carbons (Fsp3) is 0.250. The number of hydrogen-bond donors (Lipinski definition) is 0. The van der Waals surface area contributed by atoms with Gasteiger partial charge in [-0.2, -0.15) is 0 Å². The largest absolute Gasteiger partial charge is 0.328 e. The third-order valence-electron chi connectivity index (χ3n) is 2.54. The molecule has 2 aromatic heterocycles. The summed E-state index contributed by atoms with van der Waals surface area (Å²) in [6, 6.07) is 1.83. The zero-order valence-corrected chi connectivity index (χ0v) is 9.34. The van der Waals surface area contributed by atoms with Gasteiger partial charge in [-0.3, -0.25) is 9.78 Å². The first-order valence-electron chi connectivity index (χ1n) is 5.20. The summed E-state index contributed by atoms with van der Waals surface area (Å²) < 4.78 is 1.83. The van der Waals surface area contributed by atoms with Crippen molar-refractivity contribution in [3.05, 3.63) is 47.8 Å². The highest BCUT2D eigenvalue weighted by Crippen LogP contribution is 2.11. The van der Waals surface area contributed by atoms with Crippen molar-refractivity contribution < 1.29 is 4.79 Å². The summed E-state index contributed by atoms with van der Waals surface area (Å²) in [7, 11) is 0. The normalized spacial score (nSPS) is 10.4. The molecule has 2 rings (SSSR count). The monoisotopic (exact) mass is 215 g/mol. The van der Waals surface area contributed by atoms with Gasteiger partial charge in [-0.05, 0) is 25.5 Å². The van der Waals surface area contributed by atoms with Crippen LogP contribution in [0.5, 0.6) is 0 Å². The summed E-state index contributed by atoms with van der Waals surface area (Å²) >= 11 is 0. The number of nitrogens with zero attached hydrogens (tertiary/aromatic N) is 3. The number of aryl methyl sites for hydroxylation is 2. The predicted molar refractivity (Wildman–Crippen MR) is 60.3 cm³/mol. The van der Waals surface area contributed by atoms with Gasteiger partial charge >= 0.3 is 0 Å². The van der Waals surface area contributed by atoms with Gasteiger partial charge in [0.15, 0.2) is 5.82 Å². The quantitative estimate of drug-likeness (QED) is 0.734. The minimum absolute atomic E-state index is 0.0718. The fourth-order valence-electron chi connectivity index (χ4n) is 1.60. The van der Waals surface area contributed by atoms with E-state index in [1.807, 2.05) is 24.5 Å². The van der Waals surface area contributed by atoms with Crippen LogP contribution in [0.4, 0.5) is 0 Å². The summed E-state index contributed by atoms with van der Waals surface area (Å²) in [5.41, 5.74) is 1.54. The predicted octanol–water partition coefficient (Wildman–Crippen LogP) is 1.84. The van der Waals surface area contributed by atoms with Crippen LogP contribution in [0, 0.1) is 6.92 Å². The van der Waals surface area contributed by atoms with Gasteiger partial charge in [0, 0.05) is 36.9 Å². The molecule has 2 aromatic rings. The number of ketones is 1. The van der Waals surface area contributed by atoms with Crippen molar-refractivity contribution in [1.82, 2.24) is 14.5 Å². The SMILES string of the molecule is CCn1ccnc1C(=O)c1cnccc1C. The highest BCUT2D eigenvalue weighted by atomic mass is 16.1. The summed E-state index contributed by atoms with van der Waals surface area (Å²) in [6.45, 7) is 4.61. The molecule has 0 aliphatic heterocycles. The zero-order chi connectivity index (χ0) is 11.5. The van der Waals surface area contributed by atoms with Gasteiger partial charge in [-0.15, -0.1) is 0 Å². The lowest BCUT2D eigenvalue weighted by atomic mass is 10.1. The van der Waals surface area contributed by atoms with Crippen molar-refractivity contribution in [2.45, 2.75) is 20.4 Å². The van der Waals surface area contributed by atoms with Crippen LogP contribution in [0.3, 0.4) is 0 Å². The van der Waals surface area contributed by atoms with E-state index in [1.54, 1.807) is 24.8 Å². The minimum Gasteiger partial charge on any atom is -0.328 e. The highest BCUT2D eigenvalue weighted by Gasteiger charge is 2.16. The number of carbonyl (C=O) groups is 1. The molecule has 0 aliphatic rings. The molecule has 0 aromatic carbocycles. The lowest BCUT2D eigenvalue weighted by molar-refractivity contribution is 0.102. The average molecular weight is 215 g/mol. The molecule has 0 saturated heterocycles. The van der Waals surface area contributed by atoms with E-state index in [0.717, 1.165) is 12.1 Å². The molecule has 16 heavy (non-hydrogen) atoms. The van der Waals surface area contributed by atoms with E-state index in [2.05, 4.69) is 9.97 Å². The van der Waals surface area contributed by atoms with E-state index in [-0.39, 0.29) is 5.78 Å². The molecule has 0 unspecified atom stereocenters. The molecular formula is C12H13N3O. The number of carbonyl (C=O) groups excluding carboxylic acids is 1. The zero-order valence-electron chi connectivity index (χ0n) is 9.34. The molecule has 0 atom stereocenters. The standard InChI is InChI=1S/C12H13N3O/c1-3-15-7-6-14-12(15)11(16)10-8-13-5-4-9(10)2/h4-8H,3H2,1-2H3. The Kier molecular flexibility index (Phi) is 2.81. The smallest absolute Gasteiger partial charge is 0.230 e. The molecule has 2 heterocycles. The first-order valence-corrected chi connectivity index (χ1v) is 5.20. The topological polar surface area (TPSA) is 47.8 Å². The van der Waals surface area contributed by atoms with E-state index in [0.29, 0.717) is 11.4 Å². The first kappa shape index (κ1) is 10.5. The molecule has 0 spiro atoms. The van der Waals surface area contributed by atoms with Crippen LogP contribution in [0.25, 0.3) is 0 Å². The second-order valence-electron chi connectivity index (χ2n) is 3.56. The maximum atomic E-state index is 12.2. The van der Waals surface area contributed by atoms with Gasteiger partial charge in [0.2, 0.25) is 5.78 Å². The molecule has 4 nitrogen and oxygen atoms in total. The van der Waals surface area contributed by atoms with Crippen molar-refractivity contribution in [2.24, 2.45) is 0 Å². The Hall–Kier alpha value is -1.97. The Balaban J connectivity index is 2.44. The van der Waals surface area contributed by atoms with Crippen molar-refractivity contribution in [1.29, 1.82) is 0 Å². The highest BCUT2D eigenvalue weighted by molar-refractivity contribution is 6.07. The van der Waals surface area contributed by atoms with E-state index < -0.39 is 0 Å². The van der Waals surface area contributed by atoms with Crippen LogP contribution in [0.15, 0.2) is 30.9 Å². The molecular weight excluding hydrogens is 202 g/mol. The van der Waals surface area contributed by atoms with E-state index in [9.17, 15) is 4.79 Å².